The van der Waals surface area contributed by atoms with E-state index in [1.54, 1.807) is 0 Å². The Bertz CT molecular complexity index is 271. The van der Waals surface area contributed by atoms with Crippen molar-refractivity contribution < 1.29 is 5.11 Å². The number of aryl methyl sites for hydroxylation is 1. The van der Waals surface area contributed by atoms with E-state index in [0.717, 1.165) is 25.0 Å². The number of aliphatic hydroxyl groups excluding tert-OH is 1. The lowest BCUT2D eigenvalue weighted by Gasteiger charge is -2.11. The molecule has 0 bridgehead atoms. The van der Waals surface area contributed by atoms with Crippen molar-refractivity contribution in [1.29, 1.82) is 0 Å². The standard InChI is InChI=1S/C14H22OS/c1-12(2)16-11-14(15)10-6-9-13-7-4-3-5-8-13/h3-5,7-8,12,14-15H,6,9-11H2,1-2H3. The Morgan fingerprint density at radius 1 is 1.19 bits per heavy atom. The van der Waals surface area contributed by atoms with Crippen molar-refractivity contribution >= 4 is 11.8 Å². The summed E-state index contributed by atoms with van der Waals surface area (Å²) < 4.78 is 0. The normalized spacial score (nSPS) is 13.0. The van der Waals surface area contributed by atoms with Crippen molar-refractivity contribution in [2.24, 2.45) is 0 Å². The summed E-state index contributed by atoms with van der Waals surface area (Å²) in [4.78, 5) is 0. The van der Waals surface area contributed by atoms with Gasteiger partial charge in [0.2, 0.25) is 0 Å². The summed E-state index contributed by atoms with van der Waals surface area (Å²) in [5.41, 5.74) is 1.37. The summed E-state index contributed by atoms with van der Waals surface area (Å²) in [6.07, 6.45) is 2.92. The van der Waals surface area contributed by atoms with Crippen molar-refractivity contribution in [3.63, 3.8) is 0 Å². The number of hydrogen-bond donors (Lipinski definition) is 1. The molecule has 2 heteroatoms. The highest BCUT2D eigenvalue weighted by molar-refractivity contribution is 7.99. The first-order valence-electron chi connectivity index (χ1n) is 6.02. The minimum Gasteiger partial charge on any atom is -0.392 e. The van der Waals surface area contributed by atoms with Crippen molar-refractivity contribution in [2.45, 2.75) is 44.5 Å². The lowest BCUT2D eigenvalue weighted by atomic mass is 10.1. The third-order valence-electron chi connectivity index (χ3n) is 2.47. The molecule has 0 saturated heterocycles. The quantitative estimate of drug-likeness (QED) is 0.784. The SMILES string of the molecule is CC(C)SCC(O)CCCc1ccccc1. The maximum atomic E-state index is 9.76. The Morgan fingerprint density at radius 3 is 2.50 bits per heavy atom. The summed E-state index contributed by atoms with van der Waals surface area (Å²) in [5, 5.41) is 10.4. The van der Waals surface area contributed by atoms with E-state index in [1.807, 2.05) is 17.8 Å². The maximum Gasteiger partial charge on any atom is 0.0630 e. The van der Waals surface area contributed by atoms with Gasteiger partial charge in [-0.25, -0.2) is 0 Å². The maximum absolute atomic E-state index is 9.76. The fraction of sp³-hybridized carbons (Fsp3) is 0.571. The van der Waals surface area contributed by atoms with Gasteiger partial charge in [-0.2, -0.15) is 11.8 Å². The molecule has 0 radical (unpaired) electrons. The summed E-state index contributed by atoms with van der Waals surface area (Å²) in [6, 6.07) is 10.5. The number of rotatable bonds is 7. The molecule has 0 aromatic heterocycles. The van der Waals surface area contributed by atoms with Crippen LogP contribution in [-0.4, -0.2) is 22.2 Å². The zero-order valence-electron chi connectivity index (χ0n) is 10.2. The van der Waals surface area contributed by atoms with Crippen LogP contribution in [0, 0.1) is 0 Å². The van der Waals surface area contributed by atoms with Gasteiger partial charge in [0, 0.05) is 5.75 Å². The van der Waals surface area contributed by atoms with E-state index in [1.165, 1.54) is 5.56 Å². The average Bonchev–Trinajstić information content (AvgIpc) is 2.28. The van der Waals surface area contributed by atoms with Crippen LogP contribution in [0.3, 0.4) is 0 Å². The summed E-state index contributed by atoms with van der Waals surface area (Å²) in [6.45, 7) is 4.34. The molecule has 0 heterocycles. The Kier molecular flexibility index (Phi) is 6.58. The fourth-order valence-corrected chi connectivity index (χ4v) is 2.35. The van der Waals surface area contributed by atoms with Gasteiger partial charge in [0.25, 0.3) is 0 Å². The fourth-order valence-electron chi connectivity index (χ4n) is 1.57. The summed E-state index contributed by atoms with van der Waals surface area (Å²) in [5.74, 6) is 0.868. The highest BCUT2D eigenvalue weighted by Gasteiger charge is 2.05. The molecule has 1 atom stereocenters. The highest BCUT2D eigenvalue weighted by atomic mass is 32.2. The van der Waals surface area contributed by atoms with Crippen molar-refractivity contribution in [3.8, 4) is 0 Å². The Balaban J connectivity index is 2.11. The van der Waals surface area contributed by atoms with Crippen LogP contribution >= 0.6 is 11.8 Å². The van der Waals surface area contributed by atoms with Gasteiger partial charge < -0.3 is 5.11 Å². The van der Waals surface area contributed by atoms with E-state index in [4.69, 9.17) is 0 Å². The van der Waals surface area contributed by atoms with E-state index in [9.17, 15) is 5.11 Å². The molecule has 0 spiro atoms. The second-order valence-corrected chi connectivity index (χ2v) is 6.02. The molecule has 0 fully saturated rings. The predicted octanol–water partition coefficient (Wildman–Crippen LogP) is 3.51. The lowest BCUT2D eigenvalue weighted by molar-refractivity contribution is 0.186. The second-order valence-electron chi connectivity index (χ2n) is 4.41. The first kappa shape index (κ1) is 13.6. The van der Waals surface area contributed by atoms with Gasteiger partial charge >= 0.3 is 0 Å². The molecule has 16 heavy (non-hydrogen) atoms. The predicted molar refractivity (Wildman–Crippen MR) is 73.0 cm³/mol. The summed E-state index contributed by atoms with van der Waals surface area (Å²) >= 11 is 1.84. The van der Waals surface area contributed by atoms with Gasteiger partial charge in [-0.15, -0.1) is 0 Å². The third kappa shape index (κ3) is 6.19. The van der Waals surface area contributed by atoms with Crippen molar-refractivity contribution in [2.75, 3.05) is 5.75 Å². The molecule has 1 N–H and O–H groups in total. The Hall–Kier alpha value is -0.470. The monoisotopic (exact) mass is 238 g/mol. The Morgan fingerprint density at radius 2 is 1.88 bits per heavy atom. The molecule has 1 nitrogen and oxygen atoms in total. The molecule has 90 valence electrons. The van der Waals surface area contributed by atoms with Gasteiger partial charge in [-0.1, -0.05) is 44.2 Å². The number of thioether (sulfide) groups is 1. The van der Waals surface area contributed by atoms with E-state index in [-0.39, 0.29) is 6.10 Å². The van der Waals surface area contributed by atoms with Gasteiger partial charge in [-0.3, -0.25) is 0 Å². The molecule has 0 amide bonds. The van der Waals surface area contributed by atoms with E-state index in [0.29, 0.717) is 5.25 Å². The highest BCUT2D eigenvalue weighted by Crippen LogP contribution is 2.14. The third-order valence-corrected chi connectivity index (χ3v) is 3.71. The number of aliphatic hydroxyl groups is 1. The molecule has 1 rings (SSSR count). The minimum atomic E-state index is -0.142. The molecule has 1 aromatic rings. The van der Waals surface area contributed by atoms with Crippen LogP contribution in [0.2, 0.25) is 0 Å². The Labute approximate surface area is 103 Å². The molecule has 0 aliphatic carbocycles. The average molecular weight is 238 g/mol. The van der Waals surface area contributed by atoms with Crippen LogP contribution in [-0.2, 0) is 6.42 Å². The number of benzene rings is 1. The van der Waals surface area contributed by atoms with Crippen LogP contribution < -0.4 is 0 Å². The zero-order chi connectivity index (χ0) is 11.8. The van der Waals surface area contributed by atoms with Gasteiger partial charge in [0.1, 0.15) is 0 Å². The first-order valence-corrected chi connectivity index (χ1v) is 7.07. The van der Waals surface area contributed by atoms with E-state index < -0.39 is 0 Å². The molecule has 0 aliphatic rings. The number of hydrogen-bond acceptors (Lipinski definition) is 2. The van der Waals surface area contributed by atoms with E-state index in [2.05, 4.69) is 38.1 Å². The van der Waals surface area contributed by atoms with Crippen LogP contribution in [0.4, 0.5) is 0 Å². The van der Waals surface area contributed by atoms with E-state index >= 15 is 0 Å². The molecule has 0 aliphatic heterocycles. The van der Waals surface area contributed by atoms with Crippen LogP contribution in [0.15, 0.2) is 30.3 Å². The topological polar surface area (TPSA) is 20.2 Å². The first-order chi connectivity index (χ1) is 7.68. The zero-order valence-corrected chi connectivity index (χ0v) is 11.0. The molecular weight excluding hydrogens is 216 g/mol. The lowest BCUT2D eigenvalue weighted by Crippen LogP contribution is -2.11. The largest absolute Gasteiger partial charge is 0.392 e. The van der Waals surface area contributed by atoms with Crippen LogP contribution in [0.25, 0.3) is 0 Å². The van der Waals surface area contributed by atoms with Gasteiger partial charge in [0.05, 0.1) is 6.10 Å². The second kappa shape index (κ2) is 7.75. The molecule has 1 unspecified atom stereocenters. The van der Waals surface area contributed by atoms with Crippen molar-refractivity contribution in [1.82, 2.24) is 0 Å². The van der Waals surface area contributed by atoms with Crippen LogP contribution in [0.1, 0.15) is 32.3 Å². The molecule has 0 saturated carbocycles. The van der Waals surface area contributed by atoms with Crippen molar-refractivity contribution in [3.05, 3.63) is 35.9 Å². The van der Waals surface area contributed by atoms with Gasteiger partial charge in [-0.05, 0) is 30.1 Å². The minimum absolute atomic E-state index is 0.142. The molecule has 1 aromatic carbocycles. The van der Waals surface area contributed by atoms with Gasteiger partial charge in [0.15, 0.2) is 0 Å². The van der Waals surface area contributed by atoms with Crippen LogP contribution in [0.5, 0.6) is 0 Å². The smallest absolute Gasteiger partial charge is 0.0630 e. The molecular formula is C14H22OS. The summed E-state index contributed by atoms with van der Waals surface area (Å²) in [7, 11) is 0.